The number of hydrogen-bond acceptors (Lipinski definition) is 3. The number of fused-ring (bicyclic) bond motifs is 1. The highest BCUT2D eigenvalue weighted by atomic mass is 16.3. The summed E-state index contributed by atoms with van der Waals surface area (Å²) in [5, 5.41) is 0.862. The topological polar surface area (TPSA) is 71.3 Å². The van der Waals surface area contributed by atoms with Crippen molar-refractivity contribution in [2.45, 2.75) is 32.1 Å². The van der Waals surface area contributed by atoms with Crippen molar-refractivity contribution in [2.24, 2.45) is 5.92 Å². The van der Waals surface area contributed by atoms with Crippen LogP contribution in [-0.4, -0.2) is 11.8 Å². The van der Waals surface area contributed by atoms with Crippen molar-refractivity contribution < 1.29 is 14.0 Å². The lowest BCUT2D eigenvalue weighted by atomic mass is 9.89. The number of furan rings is 1. The van der Waals surface area contributed by atoms with Crippen molar-refractivity contribution in [1.82, 2.24) is 10.9 Å². The van der Waals surface area contributed by atoms with Crippen molar-refractivity contribution >= 4 is 22.8 Å². The molecule has 0 saturated heterocycles. The first kappa shape index (κ1) is 13.7. The van der Waals surface area contributed by atoms with E-state index in [0.29, 0.717) is 5.58 Å². The highest BCUT2D eigenvalue weighted by molar-refractivity contribution is 5.97. The minimum absolute atomic E-state index is 0.00900. The number of carbonyl (C=O) groups excluding carboxylic acids is 2. The summed E-state index contributed by atoms with van der Waals surface area (Å²) in [5.74, 6) is -0.343. The highest BCUT2D eigenvalue weighted by Gasteiger charge is 2.22. The third-order valence-electron chi connectivity index (χ3n) is 3.92. The van der Waals surface area contributed by atoms with E-state index in [1.54, 1.807) is 12.1 Å². The van der Waals surface area contributed by atoms with E-state index in [9.17, 15) is 9.59 Å². The average molecular weight is 286 g/mol. The van der Waals surface area contributed by atoms with Crippen LogP contribution >= 0.6 is 0 Å². The van der Waals surface area contributed by atoms with E-state index in [2.05, 4.69) is 10.9 Å². The molecule has 2 amide bonds. The lowest BCUT2D eigenvalue weighted by molar-refractivity contribution is -0.126. The number of hydrazine groups is 1. The molecule has 0 spiro atoms. The fourth-order valence-electron chi connectivity index (χ4n) is 2.74. The predicted octanol–water partition coefficient (Wildman–Crippen LogP) is 2.77. The summed E-state index contributed by atoms with van der Waals surface area (Å²) in [6.45, 7) is 0. The van der Waals surface area contributed by atoms with Gasteiger partial charge >= 0.3 is 5.91 Å². The molecule has 0 unspecified atom stereocenters. The Morgan fingerprint density at radius 2 is 1.81 bits per heavy atom. The molecule has 21 heavy (non-hydrogen) atoms. The van der Waals surface area contributed by atoms with E-state index in [-0.39, 0.29) is 17.6 Å². The van der Waals surface area contributed by atoms with Crippen LogP contribution in [0.15, 0.2) is 34.7 Å². The second-order valence-corrected chi connectivity index (χ2v) is 5.43. The van der Waals surface area contributed by atoms with E-state index in [1.807, 2.05) is 18.2 Å². The molecule has 2 aromatic rings. The number of rotatable bonds is 2. The van der Waals surface area contributed by atoms with Gasteiger partial charge in [-0.15, -0.1) is 0 Å². The Morgan fingerprint density at radius 1 is 1.05 bits per heavy atom. The van der Waals surface area contributed by atoms with Crippen LogP contribution < -0.4 is 10.9 Å². The van der Waals surface area contributed by atoms with Gasteiger partial charge in [0.05, 0.1) is 0 Å². The maximum atomic E-state index is 12.0. The Hall–Kier alpha value is -2.30. The molecule has 1 saturated carbocycles. The summed E-state index contributed by atoms with van der Waals surface area (Å²) < 4.78 is 5.44. The molecule has 0 aliphatic heterocycles. The molecule has 1 aliphatic rings. The molecule has 1 heterocycles. The van der Waals surface area contributed by atoms with E-state index in [1.165, 1.54) is 6.42 Å². The molecule has 0 atom stereocenters. The van der Waals surface area contributed by atoms with Crippen molar-refractivity contribution in [2.75, 3.05) is 0 Å². The smallest absolute Gasteiger partial charge is 0.305 e. The highest BCUT2D eigenvalue weighted by Crippen LogP contribution is 2.23. The van der Waals surface area contributed by atoms with Gasteiger partial charge in [-0.3, -0.25) is 20.4 Å². The van der Waals surface area contributed by atoms with Gasteiger partial charge in [0, 0.05) is 11.3 Å². The number of para-hydroxylation sites is 1. The third kappa shape index (κ3) is 3.07. The number of amides is 2. The van der Waals surface area contributed by atoms with Crippen LogP contribution in [0.1, 0.15) is 42.7 Å². The summed E-state index contributed by atoms with van der Waals surface area (Å²) in [6, 6.07) is 9.06. The minimum Gasteiger partial charge on any atom is -0.451 e. The van der Waals surface area contributed by atoms with Crippen molar-refractivity contribution in [1.29, 1.82) is 0 Å². The Balaban J connectivity index is 1.59. The van der Waals surface area contributed by atoms with Gasteiger partial charge in [0.25, 0.3) is 0 Å². The molecule has 2 N–H and O–H groups in total. The van der Waals surface area contributed by atoms with E-state index in [0.717, 1.165) is 31.1 Å². The SMILES string of the molecule is O=C(NNC(=O)C1CCCCC1)c1cc2ccccc2o1. The van der Waals surface area contributed by atoms with Gasteiger partial charge in [0.1, 0.15) is 5.58 Å². The summed E-state index contributed by atoms with van der Waals surface area (Å²) in [5.41, 5.74) is 5.58. The van der Waals surface area contributed by atoms with Crippen LogP contribution in [0.3, 0.4) is 0 Å². The molecule has 1 aromatic carbocycles. The second-order valence-electron chi connectivity index (χ2n) is 5.43. The molecular formula is C16H18N2O3. The van der Waals surface area contributed by atoms with E-state index >= 15 is 0 Å². The van der Waals surface area contributed by atoms with Crippen LogP contribution in [0.4, 0.5) is 0 Å². The lowest BCUT2D eigenvalue weighted by Crippen LogP contribution is -2.44. The first-order valence-electron chi connectivity index (χ1n) is 7.33. The molecule has 1 fully saturated rings. The predicted molar refractivity (Wildman–Crippen MR) is 78.4 cm³/mol. The monoisotopic (exact) mass is 286 g/mol. The maximum Gasteiger partial charge on any atom is 0.305 e. The van der Waals surface area contributed by atoms with E-state index < -0.39 is 5.91 Å². The van der Waals surface area contributed by atoms with Gasteiger partial charge < -0.3 is 4.42 Å². The van der Waals surface area contributed by atoms with Crippen molar-refractivity contribution in [3.8, 4) is 0 Å². The van der Waals surface area contributed by atoms with Gasteiger partial charge in [0.15, 0.2) is 5.76 Å². The zero-order valence-corrected chi connectivity index (χ0v) is 11.7. The summed E-state index contributed by atoms with van der Waals surface area (Å²) in [6.07, 6.45) is 5.14. The van der Waals surface area contributed by atoms with Crippen molar-refractivity contribution in [3.63, 3.8) is 0 Å². The molecule has 0 bridgehead atoms. The average Bonchev–Trinajstić information content (AvgIpc) is 2.97. The van der Waals surface area contributed by atoms with Gasteiger partial charge in [-0.2, -0.15) is 0 Å². The Labute approximate surface area is 122 Å². The van der Waals surface area contributed by atoms with Crippen LogP contribution in [-0.2, 0) is 4.79 Å². The molecule has 5 heteroatoms. The van der Waals surface area contributed by atoms with Gasteiger partial charge in [-0.05, 0) is 25.0 Å². The first-order chi connectivity index (χ1) is 10.2. The molecule has 3 rings (SSSR count). The molecule has 0 radical (unpaired) electrons. The Kier molecular flexibility index (Phi) is 3.90. The third-order valence-corrected chi connectivity index (χ3v) is 3.92. The number of carbonyl (C=O) groups is 2. The fourth-order valence-corrected chi connectivity index (χ4v) is 2.74. The van der Waals surface area contributed by atoms with Crippen LogP contribution in [0, 0.1) is 5.92 Å². The number of benzene rings is 1. The fraction of sp³-hybridized carbons (Fsp3) is 0.375. The second kappa shape index (κ2) is 5.99. The quantitative estimate of drug-likeness (QED) is 0.834. The standard InChI is InChI=1S/C16H18N2O3/c19-15(11-6-2-1-3-7-11)17-18-16(20)14-10-12-8-4-5-9-13(12)21-14/h4-5,8-11H,1-3,6-7H2,(H,17,19)(H,18,20). The van der Waals surface area contributed by atoms with Gasteiger partial charge in [-0.1, -0.05) is 37.5 Å². The summed E-state index contributed by atoms with van der Waals surface area (Å²) >= 11 is 0. The summed E-state index contributed by atoms with van der Waals surface area (Å²) in [4.78, 5) is 23.9. The zero-order valence-electron chi connectivity index (χ0n) is 11.7. The normalized spacial score (nSPS) is 15.8. The number of nitrogens with one attached hydrogen (secondary N) is 2. The van der Waals surface area contributed by atoms with Crippen LogP contribution in [0.25, 0.3) is 11.0 Å². The first-order valence-corrected chi connectivity index (χ1v) is 7.33. The minimum atomic E-state index is -0.435. The Bertz CT molecular complexity index is 623. The van der Waals surface area contributed by atoms with Crippen LogP contribution in [0.5, 0.6) is 0 Å². The molecule has 5 nitrogen and oxygen atoms in total. The summed E-state index contributed by atoms with van der Waals surface area (Å²) in [7, 11) is 0. The molecule has 1 aliphatic carbocycles. The van der Waals surface area contributed by atoms with Gasteiger partial charge in [-0.25, -0.2) is 0 Å². The zero-order chi connectivity index (χ0) is 14.7. The number of hydrogen-bond donors (Lipinski definition) is 2. The molecular weight excluding hydrogens is 268 g/mol. The molecule has 110 valence electrons. The van der Waals surface area contributed by atoms with Crippen molar-refractivity contribution in [3.05, 3.63) is 36.1 Å². The van der Waals surface area contributed by atoms with Crippen LogP contribution in [0.2, 0.25) is 0 Å². The Morgan fingerprint density at radius 3 is 2.57 bits per heavy atom. The molecule has 1 aromatic heterocycles. The maximum absolute atomic E-state index is 12.0. The van der Waals surface area contributed by atoms with E-state index in [4.69, 9.17) is 4.42 Å². The largest absolute Gasteiger partial charge is 0.451 e. The van der Waals surface area contributed by atoms with Gasteiger partial charge in [0.2, 0.25) is 5.91 Å². The lowest BCUT2D eigenvalue weighted by Gasteiger charge is -2.20.